The van der Waals surface area contributed by atoms with Crippen molar-refractivity contribution >= 4 is 17.7 Å². The highest BCUT2D eigenvalue weighted by molar-refractivity contribution is 5.91. The fourth-order valence-corrected chi connectivity index (χ4v) is 1.24. The molecule has 0 unspecified atom stereocenters. The zero-order chi connectivity index (χ0) is 13.7. The van der Waals surface area contributed by atoms with Gasteiger partial charge in [0.1, 0.15) is 5.82 Å². The molecule has 3 N–H and O–H groups in total. The molecular formula is C11H13FN2O4. The van der Waals surface area contributed by atoms with Crippen LogP contribution in [0.15, 0.2) is 18.2 Å². The highest BCUT2D eigenvalue weighted by Gasteiger charge is 2.12. The summed E-state index contributed by atoms with van der Waals surface area (Å²) in [5, 5.41) is 19.7. The summed E-state index contributed by atoms with van der Waals surface area (Å²) >= 11 is 0. The molecule has 2 amide bonds. The van der Waals surface area contributed by atoms with Gasteiger partial charge in [-0.1, -0.05) is 0 Å². The van der Waals surface area contributed by atoms with Crippen molar-refractivity contribution in [3.8, 4) is 0 Å². The number of anilines is 1. The second kappa shape index (κ2) is 5.97. The van der Waals surface area contributed by atoms with Gasteiger partial charge in [0.05, 0.1) is 12.2 Å². The average Bonchev–Trinajstić information content (AvgIpc) is 2.28. The number of rotatable bonds is 4. The van der Waals surface area contributed by atoms with Crippen LogP contribution in [0.1, 0.15) is 10.4 Å². The molecule has 0 aliphatic rings. The highest BCUT2D eigenvalue weighted by Crippen LogP contribution is 2.14. The van der Waals surface area contributed by atoms with Crippen molar-refractivity contribution in [2.75, 3.05) is 25.5 Å². The Kier molecular flexibility index (Phi) is 4.61. The number of carbonyl (C=O) groups excluding carboxylic acids is 1. The Morgan fingerprint density at radius 3 is 2.61 bits per heavy atom. The molecule has 0 aliphatic carbocycles. The first-order valence-corrected chi connectivity index (χ1v) is 5.11. The molecule has 0 aliphatic heterocycles. The largest absolute Gasteiger partial charge is 0.478 e. The number of aliphatic hydroxyl groups excluding tert-OH is 1. The van der Waals surface area contributed by atoms with Gasteiger partial charge in [0, 0.05) is 19.3 Å². The van der Waals surface area contributed by atoms with E-state index in [2.05, 4.69) is 5.32 Å². The molecule has 7 heteroatoms. The number of amides is 2. The second-order valence-electron chi connectivity index (χ2n) is 3.58. The molecule has 1 aromatic rings. The van der Waals surface area contributed by atoms with Gasteiger partial charge in [-0.25, -0.2) is 14.0 Å². The number of carboxylic acids is 1. The normalized spacial score (nSPS) is 9.94. The molecule has 0 atom stereocenters. The van der Waals surface area contributed by atoms with Crippen molar-refractivity contribution in [1.29, 1.82) is 0 Å². The number of halogens is 1. The Morgan fingerprint density at radius 2 is 2.11 bits per heavy atom. The monoisotopic (exact) mass is 256 g/mol. The molecule has 1 rings (SSSR count). The van der Waals surface area contributed by atoms with Crippen LogP contribution >= 0.6 is 0 Å². The summed E-state index contributed by atoms with van der Waals surface area (Å²) in [4.78, 5) is 23.3. The summed E-state index contributed by atoms with van der Waals surface area (Å²) in [5.41, 5.74) is -0.316. The molecular weight excluding hydrogens is 243 g/mol. The molecule has 0 aromatic heterocycles. The predicted molar refractivity (Wildman–Crippen MR) is 62.1 cm³/mol. The minimum Gasteiger partial charge on any atom is -0.478 e. The Balaban J connectivity index is 2.77. The summed E-state index contributed by atoms with van der Waals surface area (Å²) in [5.74, 6) is -2.30. The van der Waals surface area contributed by atoms with Gasteiger partial charge in [0.25, 0.3) is 0 Å². The molecule has 18 heavy (non-hydrogen) atoms. The van der Waals surface area contributed by atoms with Crippen molar-refractivity contribution in [1.82, 2.24) is 4.90 Å². The van der Waals surface area contributed by atoms with Gasteiger partial charge < -0.3 is 20.4 Å². The minimum absolute atomic E-state index is 0.140. The van der Waals surface area contributed by atoms with E-state index in [0.717, 1.165) is 12.1 Å². The molecule has 0 radical (unpaired) electrons. The van der Waals surface area contributed by atoms with E-state index in [9.17, 15) is 14.0 Å². The number of nitrogens with zero attached hydrogens (tertiary/aromatic N) is 1. The number of nitrogens with one attached hydrogen (secondary N) is 1. The van der Waals surface area contributed by atoms with E-state index in [1.54, 1.807) is 0 Å². The summed E-state index contributed by atoms with van der Waals surface area (Å²) in [6.07, 6.45) is 0. The Labute approximate surface area is 103 Å². The third-order valence-electron chi connectivity index (χ3n) is 2.23. The SMILES string of the molecule is CN(CCO)C(=O)Nc1ccc(C(=O)O)c(F)c1. The molecule has 0 saturated carbocycles. The number of aliphatic hydroxyl groups is 1. The number of likely N-dealkylation sites (N-methyl/N-ethyl adjacent to an activating group) is 1. The van der Waals surface area contributed by atoms with Crippen LogP contribution in [0.3, 0.4) is 0 Å². The minimum atomic E-state index is -1.37. The molecule has 1 aromatic carbocycles. The maximum absolute atomic E-state index is 13.3. The number of urea groups is 1. The van der Waals surface area contributed by atoms with E-state index in [4.69, 9.17) is 10.2 Å². The van der Waals surface area contributed by atoms with Crippen molar-refractivity contribution in [3.63, 3.8) is 0 Å². The number of benzene rings is 1. The molecule has 98 valence electrons. The van der Waals surface area contributed by atoms with Gasteiger partial charge in [-0.2, -0.15) is 0 Å². The number of carboxylic acid groups (broad SMARTS) is 1. The summed E-state index contributed by atoms with van der Waals surface area (Å²) < 4.78 is 13.3. The lowest BCUT2D eigenvalue weighted by atomic mass is 10.2. The number of hydrogen-bond acceptors (Lipinski definition) is 3. The van der Waals surface area contributed by atoms with Crippen LogP contribution in [0.4, 0.5) is 14.9 Å². The van der Waals surface area contributed by atoms with Crippen LogP contribution in [-0.2, 0) is 0 Å². The van der Waals surface area contributed by atoms with E-state index in [-0.39, 0.29) is 18.8 Å². The predicted octanol–water partition coefficient (Wildman–Crippen LogP) is 0.980. The van der Waals surface area contributed by atoms with Gasteiger partial charge >= 0.3 is 12.0 Å². The first-order chi connectivity index (χ1) is 8.45. The van der Waals surface area contributed by atoms with Crippen molar-refractivity contribution in [2.24, 2.45) is 0 Å². The topological polar surface area (TPSA) is 89.9 Å². The zero-order valence-corrected chi connectivity index (χ0v) is 9.68. The van der Waals surface area contributed by atoms with Crippen molar-refractivity contribution in [2.45, 2.75) is 0 Å². The van der Waals surface area contributed by atoms with E-state index < -0.39 is 23.4 Å². The summed E-state index contributed by atoms with van der Waals surface area (Å²) in [7, 11) is 1.47. The third kappa shape index (κ3) is 3.42. The van der Waals surface area contributed by atoms with E-state index in [1.165, 1.54) is 18.0 Å². The first kappa shape index (κ1) is 13.9. The van der Waals surface area contributed by atoms with Gasteiger partial charge in [-0.3, -0.25) is 0 Å². The maximum atomic E-state index is 13.3. The van der Waals surface area contributed by atoms with Crippen molar-refractivity contribution in [3.05, 3.63) is 29.6 Å². The zero-order valence-electron chi connectivity index (χ0n) is 9.68. The smallest absolute Gasteiger partial charge is 0.338 e. The fourth-order valence-electron chi connectivity index (χ4n) is 1.24. The second-order valence-corrected chi connectivity index (χ2v) is 3.58. The summed E-state index contributed by atoms with van der Waals surface area (Å²) in [6.45, 7) is -0.0439. The molecule has 0 spiro atoms. The summed E-state index contributed by atoms with van der Waals surface area (Å²) in [6, 6.07) is 2.76. The molecule has 6 nitrogen and oxygen atoms in total. The lowest BCUT2D eigenvalue weighted by Gasteiger charge is -2.16. The van der Waals surface area contributed by atoms with E-state index in [0.29, 0.717) is 0 Å². The van der Waals surface area contributed by atoms with Crippen LogP contribution in [0, 0.1) is 5.82 Å². The number of hydrogen-bond donors (Lipinski definition) is 3. The third-order valence-corrected chi connectivity index (χ3v) is 2.23. The van der Waals surface area contributed by atoms with Crippen LogP contribution in [0.25, 0.3) is 0 Å². The molecule has 0 bridgehead atoms. The quantitative estimate of drug-likeness (QED) is 0.749. The Morgan fingerprint density at radius 1 is 1.44 bits per heavy atom. The number of aromatic carboxylic acids is 1. The average molecular weight is 256 g/mol. The van der Waals surface area contributed by atoms with Crippen LogP contribution in [0.2, 0.25) is 0 Å². The van der Waals surface area contributed by atoms with Crippen LogP contribution in [0.5, 0.6) is 0 Å². The van der Waals surface area contributed by atoms with Gasteiger partial charge in [-0.05, 0) is 18.2 Å². The van der Waals surface area contributed by atoms with Crippen molar-refractivity contribution < 1.29 is 24.2 Å². The molecule has 0 heterocycles. The lowest BCUT2D eigenvalue weighted by molar-refractivity contribution is 0.0692. The fraction of sp³-hybridized carbons (Fsp3) is 0.273. The highest BCUT2D eigenvalue weighted by atomic mass is 19.1. The standard InChI is InChI=1S/C11H13FN2O4/c1-14(4-5-15)11(18)13-7-2-3-8(10(16)17)9(12)6-7/h2-3,6,15H,4-5H2,1H3,(H,13,18)(H,16,17). The van der Waals surface area contributed by atoms with E-state index >= 15 is 0 Å². The Hall–Kier alpha value is -2.15. The van der Waals surface area contributed by atoms with Gasteiger partial charge in [0.2, 0.25) is 0 Å². The van der Waals surface area contributed by atoms with Crippen LogP contribution in [-0.4, -0.2) is 47.3 Å². The van der Waals surface area contributed by atoms with E-state index in [1.807, 2.05) is 0 Å². The van der Waals surface area contributed by atoms with Gasteiger partial charge in [-0.15, -0.1) is 0 Å². The lowest BCUT2D eigenvalue weighted by Crippen LogP contribution is -2.33. The number of carbonyl (C=O) groups is 2. The first-order valence-electron chi connectivity index (χ1n) is 5.11. The van der Waals surface area contributed by atoms with Crippen LogP contribution < -0.4 is 5.32 Å². The van der Waals surface area contributed by atoms with Gasteiger partial charge in [0.15, 0.2) is 0 Å². The molecule has 0 saturated heterocycles. The Bertz CT molecular complexity index is 464. The molecule has 0 fully saturated rings. The maximum Gasteiger partial charge on any atom is 0.338 e.